The van der Waals surface area contributed by atoms with Gasteiger partial charge in [0.2, 0.25) is 0 Å². The molecule has 2 fully saturated rings. The molecule has 14 heavy (non-hydrogen) atoms. The molecular weight excluding hydrogens is 176 g/mol. The van der Waals surface area contributed by atoms with Crippen LogP contribution in [0, 0.1) is 11.8 Å². The van der Waals surface area contributed by atoms with Gasteiger partial charge in [-0.25, -0.2) is 4.79 Å². The zero-order valence-electron chi connectivity index (χ0n) is 8.79. The van der Waals surface area contributed by atoms with Crippen molar-refractivity contribution in [2.45, 2.75) is 45.1 Å². The fourth-order valence-electron chi connectivity index (χ4n) is 2.65. The zero-order valence-corrected chi connectivity index (χ0v) is 8.79. The van der Waals surface area contributed by atoms with E-state index in [1.807, 2.05) is 0 Å². The van der Waals surface area contributed by atoms with Crippen molar-refractivity contribution in [2.24, 2.45) is 11.8 Å². The standard InChI is InChI=1S/C12H18O2/c1-8-9(2)12(13)14-11(8)10-6-4-3-5-7-10/h8,10-11H,2-7H2,1H3/t8-,11+/m1/s1. The van der Waals surface area contributed by atoms with Gasteiger partial charge in [-0.2, -0.15) is 0 Å². The molecule has 2 atom stereocenters. The molecule has 1 aliphatic carbocycles. The molecule has 0 amide bonds. The molecule has 2 nitrogen and oxygen atoms in total. The molecule has 2 aliphatic rings. The van der Waals surface area contributed by atoms with Crippen LogP contribution in [-0.2, 0) is 9.53 Å². The quantitative estimate of drug-likeness (QED) is 0.474. The van der Waals surface area contributed by atoms with Gasteiger partial charge in [0, 0.05) is 11.5 Å². The van der Waals surface area contributed by atoms with Gasteiger partial charge in [0.15, 0.2) is 0 Å². The zero-order chi connectivity index (χ0) is 10.1. The first kappa shape index (κ1) is 9.75. The molecule has 2 heteroatoms. The van der Waals surface area contributed by atoms with Crippen LogP contribution in [-0.4, -0.2) is 12.1 Å². The van der Waals surface area contributed by atoms with Crippen LogP contribution >= 0.6 is 0 Å². The van der Waals surface area contributed by atoms with Crippen molar-refractivity contribution in [1.29, 1.82) is 0 Å². The smallest absolute Gasteiger partial charge is 0.334 e. The Morgan fingerprint density at radius 2 is 1.93 bits per heavy atom. The van der Waals surface area contributed by atoms with Crippen molar-refractivity contribution < 1.29 is 9.53 Å². The molecule has 0 unspecified atom stereocenters. The van der Waals surface area contributed by atoms with Crippen molar-refractivity contribution in [3.05, 3.63) is 12.2 Å². The van der Waals surface area contributed by atoms with E-state index in [2.05, 4.69) is 13.5 Å². The lowest BCUT2D eigenvalue weighted by atomic mass is 9.80. The number of cyclic esters (lactones) is 1. The third kappa shape index (κ3) is 1.58. The summed E-state index contributed by atoms with van der Waals surface area (Å²) in [6.45, 7) is 5.85. The first-order valence-corrected chi connectivity index (χ1v) is 5.60. The summed E-state index contributed by atoms with van der Waals surface area (Å²) >= 11 is 0. The molecule has 1 saturated heterocycles. The second-order valence-corrected chi connectivity index (χ2v) is 4.58. The van der Waals surface area contributed by atoms with Gasteiger partial charge in [0.1, 0.15) is 6.10 Å². The Labute approximate surface area is 85.3 Å². The fraction of sp³-hybridized carbons (Fsp3) is 0.750. The highest BCUT2D eigenvalue weighted by Crippen LogP contribution is 2.37. The largest absolute Gasteiger partial charge is 0.458 e. The monoisotopic (exact) mass is 194 g/mol. The Morgan fingerprint density at radius 3 is 2.43 bits per heavy atom. The second kappa shape index (κ2) is 3.76. The van der Waals surface area contributed by atoms with E-state index in [4.69, 9.17) is 4.74 Å². The maximum absolute atomic E-state index is 11.3. The van der Waals surface area contributed by atoms with Gasteiger partial charge in [-0.1, -0.05) is 32.8 Å². The lowest BCUT2D eigenvalue weighted by molar-refractivity contribution is -0.141. The van der Waals surface area contributed by atoms with E-state index < -0.39 is 0 Å². The molecule has 1 heterocycles. The minimum Gasteiger partial charge on any atom is -0.458 e. The van der Waals surface area contributed by atoms with Crippen molar-refractivity contribution in [2.75, 3.05) is 0 Å². The number of rotatable bonds is 1. The SMILES string of the molecule is C=C1C(=O)O[C@H](C2CCCCC2)[C@@H]1C. The summed E-state index contributed by atoms with van der Waals surface area (Å²) in [5.41, 5.74) is 0.667. The Morgan fingerprint density at radius 1 is 1.29 bits per heavy atom. The average Bonchev–Trinajstić information content (AvgIpc) is 2.47. The van der Waals surface area contributed by atoms with E-state index in [1.54, 1.807) is 0 Å². The van der Waals surface area contributed by atoms with Gasteiger partial charge in [0.25, 0.3) is 0 Å². The summed E-state index contributed by atoms with van der Waals surface area (Å²) in [6.07, 6.45) is 6.48. The first-order valence-electron chi connectivity index (χ1n) is 5.60. The Balaban J connectivity index is 2.04. The Bertz CT molecular complexity index is 251. The molecular formula is C12H18O2. The predicted molar refractivity (Wildman–Crippen MR) is 54.8 cm³/mol. The molecule has 0 bridgehead atoms. The molecule has 78 valence electrons. The first-order chi connectivity index (χ1) is 6.70. The minimum atomic E-state index is -0.173. The van der Waals surface area contributed by atoms with Crippen LogP contribution < -0.4 is 0 Å². The van der Waals surface area contributed by atoms with E-state index >= 15 is 0 Å². The van der Waals surface area contributed by atoms with E-state index in [0.29, 0.717) is 11.5 Å². The van der Waals surface area contributed by atoms with Crippen LogP contribution in [0.15, 0.2) is 12.2 Å². The van der Waals surface area contributed by atoms with Crippen molar-refractivity contribution >= 4 is 5.97 Å². The average molecular weight is 194 g/mol. The molecule has 0 radical (unpaired) electrons. The van der Waals surface area contributed by atoms with Crippen molar-refractivity contribution in [1.82, 2.24) is 0 Å². The number of carbonyl (C=O) groups excluding carboxylic acids is 1. The van der Waals surface area contributed by atoms with E-state index in [-0.39, 0.29) is 18.0 Å². The molecule has 0 spiro atoms. The van der Waals surface area contributed by atoms with Gasteiger partial charge in [0.05, 0.1) is 0 Å². The molecule has 0 aromatic carbocycles. The highest BCUT2D eigenvalue weighted by molar-refractivity contribution is 5.90. The molecule has 0 aromatic heterocycles. The molecule has 0 N–H and O–H groups in total. The lowest BCUT2D eigenvalue weighted by Crippen LogP contribution is -2.27. The highest BCUT2D eigenvalue weighted by atomic mass is 16.6. The van der Waals surface area contributed by atoms with E-state index in [9.17, 15) is 4.79 Å². The summed E-state index contributed by atoms with van der Waals surface area (Å²) in [5.74, 6) is 0.639. The Hall–Kier alpha value is -0.790. The number of carbonyl (C=O) groups is 1. The third-order valence-corrected chi connectivity index (χ3v) is 3.66. The lowest BCUT2D eigenvalue weighted by Gasteiger charge is -2.28. The molecule has 2 rings (SSSR count). The summed E-state index contributed by atoms with van der Waals surface area (Å²) in [7, 11) is 0. The van der Waals surface area contributed by atoms with Gasteiger partial charge < -0.3 is 4.74 Å². The van der Waals surface area contributed by atoms with Crippen LogP contribution in [0.25, 0.3) is 0 Å². The maximum atomic E-state index is 11.3. The number of hydrogen-bond donors (Lipinski definition) is 0. The predicted octanol–water partition coefficient (Wildman–Crippen LogP) is 2.68. The third-order valence-electron chi connectivity index (χ3n) is 3.66. The van der Waals surface area contributed by atoms with Crippen molar-refractivity contribution in [3.63, 3.8) is 0 Å². The second-order valence-electron chi connectivity index (χ2n) is 4.58. The minimum absolute atomic E-state index is 0.121. The normalized spacial score (nSPS) is 34.6. The molecule has 0 aromatic rings. The molecule has 1 saturated carbocycles. The Kier molecular flexibility index (Phi) is 2.62. The number of esters is 1. The van der Waals surface area contributed by atoms with Crippen LogP contribution in [0.1, 0.15) is 39.0 Å². The van der Waals surface area contributed by atoms with Crippen LogP contribution in [0.4, 0.5) is 0 Å². The number of ether oxygens (including phenoxy) is 1. The van der Waals surface area contributed by atoms with Crippen molar-refractivity contribution in [3.8, 4) is 0 Å². The highest BCUT2D eigenvalue weighted by Gasteiger charge is 2.40. The van der Waals surface area contributed by atoms with E-state index in [0.717, 1.165) is 0 Å². The van der Waals surface area contributed by atoms with Gasteiger partial charge in [-0.3, -0.25) is 0 Å². The van der Waals surface area contributed by atoms with Gasteiger partial charge >= 0.3 is 5.97 Å². The number of hydrogen-bond acceptors (Lipinski definition) is 2. The van der Waals surface area contributed by atoms with Crippen LogP contribution in [0.2, 0.25) is 0 Å². The summed E-state index contributed by atoms with van der Waals surface area (Å²) in [6, 6.07) is 0. The topological polar surface area (TPSA) is 26.3 Å². The summed E-state index contributed by atoms with van der Waals surface area (Å²) in [5, 5.41) is 0. The van der Waals surface area contributed by atoms with Crippen LogP contribution in [0.5, 0.6) is 0 Å². The van der Waals surface area contributed by atoms with Crippen LogP contribution in [0.3, 0.4) is 0 Å². The summed E-state index contributed by atoms with van der Waals surface area (Å²) in [4.78, 5) is 11.3. The van der Waals surface area contributed by atoms with Gasteiger partial charge in [-0.15, -0.1) is 0 Å². The summed E-state index contributed by atoms with van der Waals surface area (Å²) < 4.78 is 5.39. The van der Waals surface area contributed by atoms with Gasteiger partial charge in [-0.05, 0) is 18.8 Å². The van der Waals surface area contributed by atoms with E-state index in [1.165, 1.54) is 32.1 Å². The molecule has 1 aliphatic heterocycles. The fourth-order valence-corrected chi connectivity index (χ4v) is 2.65. The maximum Gasteiger partial charge on any atom is 0.334 e.